The van der Waals surface area contributed by atoms with Gasteiger partial charge >= 0.3 is 0 Å². The van der Waals surface area contributed by atoms with Crippen LogP contribution in [0.3, 0.4) is 0 Å². The Morgan fingerprint density at radius 1 is 0.921 bits per heavy atom. The van der Waals surface area contributed by atoms with E-state index in [4.69, 9.17) is 14.2 Å². The van der Waals surface area contributed by atoms with E-state index >= 15 is 0 Å². The van der Waals surface area contributed by atoms with Crippen molar-refractivity contribution >= 4 is 17.5 Å². The van der Waals surface area contributed by atoms with Crippen molar-refractivity contribution in [3.8, 4) is 28.4 Å². The second kappa shape index (κ2) is 12.2. The van der Waals surface area contributed by atoms with Gasteiger partial charge in [-0.1, -0.05) is 25.3 Å². The first kappa shape index (κ1) is 27.3. The lowest BCUT2D eigenvalue weighted by Gasteiger charge is -2.22. The molecule has 38 heavy (non-hydrogen) atoms. The van der Waals surface area contributed by atoms with Gasteiger partial charge in [-0.3, -0.25) is 14.4 Å². The van der Waals surface area contributed by atoms with E-state index < -0.39 is 0 Å². The van der Waals surface area contributed by atoms with Gasteiger partial charge in [-0.15, -0.1) is 0 Å². The molecule has 0 bridgehead atoms. The van der Waals surface area contributed by atoms with Gasteiger partial charge in [0.05, 0.1) is 39.6 Å². The zero-order valence-corrected chi connectivity index (χ0v) is 22.6. The van der Waals surface area contributed by atoms with Crippen LogP contribution in [-0.2, 0) is 16.0 Å². The first-order chi connectivity index (χ1) is 18.4. The Morgan fingerprint density at radius 3 is 2.32 bits per heavy atom. The number of methoxy groups -OCH3 is 3. The van der Waals surface area contributed by atoms with Gasteiger partial charge < -0.3 is 30.2 Å². The molecular weight excluding hydrogens is 486 g/mol. The molecule has 1 saturated carbocycles. The summed E-state index contributed by atoms with van der Waals surface area (Å²) < 4.78 is 17.0. The smallest absolute Gasteiger partial charge is 0.239 e. The molecule has 2 amide bonds. The van der Waals surface area contributed by atoms with E-state index in [0.29, 0.717) is 41.3 Å². The van der Waals surface area contributed by atoms with Crippen molar-refractivity contribution in [3.63, 3.8) is 0 Å². The zero-order valence-electron chi connectivity index (χ0n) is 22.6. The van der Waals surface area contributed by atoms with Gasteiger partial charge in [-0.2, -0.15) is 0 Å². The Bertz CT molecular complexity index is 1260. The van der Waals surface area contributed by atoms with E-state index in [1.165, 1.54) is 13.3 Å². The van der Waals surface area contributed by atoms with Crippen LogP contribution >= 0.6 is 0 Å². The third kappa shape index (κ3) is 5.87. The second-order valence-electron chi connectivity index (χ2n) is 9.85. The van der Waals surface area contributed by atoms with Crippen molar-refractivity contribution in [1.82, 2.24) is 10.6 Å². The molecule has 4 rings (SSSR count). The topological polar surface area (TPSA) is 115 Å². The Hall–Kier alpha value is -3.75. The van der Waals surface area contributed by atoms with Crippen LogP contribution in [0.1, 0.15) is 62.6 Å². The number of aryl methyl sites for hydroxylation is 1. The second-order valence-corrected chi connectivity index (χ2v) is 9.85. The highest BCUT2D eigenvalue weighted by atomic mass is 16.5. The van der Waals surface area contributed by atoms with E-state index in [9.17, 15) is 14.4 Å². The number of amides is 2. The van der Waals surface area contributed by atoms with Crippen molar-refractivity contribution < 1.29 is 23.8 Å². The molecule has 2 aromatic rings. The Morgan fingerprint density at radius 2 is 1.66 bits per heavy atom. The van der Waals surface area contributed by atoms with Crippen LogP contribution in [-0.4, -0.2) is 45.7 Å². The van der Waals surface area contributed by atoms with Gasteiger partial charge in [0.1, 0.15) is 0 Å². The summed E-state index contributed by atoms with van der Waals surface area (Å²) in [6.45, 7) is 1.46. The summed E-state index contributed by atoms with van der Waals surface area (Å²) in [6.07, 6.45) is 6.64. The number of nitrogens with one attached hydrogen (secondary N) is 3. The number of fused-ring (bicyclic) bond motifs is 3. The Labute approximate surface area is 223 Å². The predicted molar refractivity (Wildman–Crippen MR) is 146 cm³/mol. The fraction of sp³-hybridized carbons (Fsp3) is 0.483. The fourth-order valence-electron chi connectivity index (χ4n) is 5.55. The number of hydrogen-bond donors (Lipinski definition) is 3. The zero-order chi connectivity index (χ0) is 27.2. The lowest BCUT2D eigenvalue weighted by Crippen LogP contribution is -2.39. The van der Waals surface area contributed by atoms with Crippen molar-refractivity contribution in [2.75, 3.05) is 33.2 Å². The molecule has 204 valence electrons. The van der Waals surface area contributed by atoms with Gasteiger partial charge in [0.15, 0.2) is 11.5 Å². The average molecular weight is 524 g/mol. The standard InChI is InChI=1S/C29H37N3O6/c1-17(33)31-22-12-10-18-14-25(36-2)28(37-3)29(38-4)27(18)20-11-13-23(24(34)15-21(20)22)30-16-26(35)32-19-8-6-5-7-9-19/h11,13-15,19,22H,5-10,12,16H2,1-4H3,(H,30,34)(H,31,33)(H,32,35). The van der Waals surface area contributed by atoms with E-state index in [2.05, 4.69) is 16.0 Å². The minimum atomic E-state index is -0.390. The molecule has 9 heteroatoms. The quantitative estimate of drug-likeness (QED) is 0.483. The van der Waals surface area contributed by atoms with Crippen molar-refractivity contribution in [2.45, 2.75) is 64.0 Å². The molecule has 0 heterocycles. The molecular formula is C29H37N3O6. The highest BCUT2D eigenvalue weighted by Gasteiger charge is 2.29. The third-order valence-corrected chi connectivity index (χ3v) is 7.33. The number of ether oxygens (including phenoxy) is 3. The highest BCUT2D eigenvalue weighted by molar-refractivity contribution is 5.84. The molecule has 2 aliphatic rings. The summed E-state index contributed by atoms with van der Waals surface area (Å²) in [5, 5.41) is 9.09. The molecule has 1 unspecified atom stereocenters. The van der Waals surface area contributed by atoms with Gasteiger partial charge in [0.25, 0.3) is 0 Å². The van der Waals surface area contributed by atoms with Crippen molar-refractivity contribution in [1.29, 1.82) is 0 Å². The summed E-state index contributed by atoms with van der Waals surface area (Å²) in [4.78, 5) is 38.0. The molecule has 2 aromatic carbocycles. The summed E-state index contributed by atoms with van der Waals surface area (Å²) >= 11 is 0. The molecule has 0 aromatic heterocycles. The van der Waals surface area contributed by atoms with Gasteiger partial charge in [0, 0.05) is 18.5 Å². The van der Waals surface area contributed by atoms with Gasteiger partial charge in [-0.05, 0) is 60.6 Å². The summed E-state index contributed by atoms with van der Waals surface area (Å²) in [6, 6.07) is 6.79. The Balaban J connectivity index is 1.75. The molecule has 0 radical (unpaired) electrons. The first-order valence-corrected chi connectivity index (χ1v) is 13.2. The highest BCUT2D eigenvalue weighted by Crippen LogP contribution is 2.50. The van der Waals surface area contributed by atoms with Crippen molar-refractivity contribution in [2.24, 2.45) is 0 Å². The molecule has 0 saturated heterocycles. The first-order valence-electron chi connectivity index (χ1n) is 13.2. The Kier molecular flexibility index (Phi) is 8.76. The maximum absolute atomic E-state index is 13.3. The number of hydrogen-bond acceptors (Lipinski definition) is 7. The maximum Gasteiger partial charge on any atom is 0.239 e. The van der Waals surface area contributed by atoms with Crippen LogP contribution in [0.25, 0.3) is 11.1 Å². The monoisotopic (exact) mass is 523 g/mol. The molecule has 1 fully saturated rings. The average Bonchev–Trinajstić information content (AvgIpc) is 3.15. The van der Waals surface area contributed by atoms with Crippen LogP contribution in [0.15, 0.2) is 29.1 Å². The molecule has 0 spiro atoms. The van der Waals surface area contributed by atoms with Crippen LogP contribution in [0.2, 0.25) is 0 Å². The van der Waals surface area contributed by atoms with E-state index in [0.717, 1.165) is 42.4 Å². The summed E-state index contributed by atoms with van der Waals surface area (Å²) in [7, 11) is 4.68. The van der Waals surface area contributed by atoms with E-state index in [1.807, 2.05) is 12.1 Å². The largest absolute Gasteiger partial charge is 0.493 e. The maximum atomic E-state index is 13.3. The lowest BCUT2D eigenvalue weighted by molar-refractivity contribution is -0.120. The molecule has 3 N–H and O–H groups in total. The molecule has 9 nitrogen and oxygen atoms in total. The molecule has 1 atom stereocenters. The van der Waals surface area contributed by atoms with Crippen LogP contribution in [0.5, 0.6) is 17.2 Å². The number of rotatable bonds is 8. The normalized spacial score (nSPS) is 16.8. The van der Waals surface area contributed by atoms with E-state index in [-0.39, 0.29) is 35.9 Å². The number of carbonyl (C=O) groups excluding carboxylic acids is 2. The number of carbonyl (C=O) groups is 2. The SMILES string of the molecule is COc1cc2c(c(OC)c1OC)-c1ccc(NCC(=O)NC3CCCCC3)c(=O)cc1C(NC(C)=O)CC2. The number of anilines is 1. The van der Waals surface area contributed by atoms with Crippen LogP contribution in [0.4, 0.5) is 5.69 Å². The van der Waals surface area contributed by atoms with Crippen LogP contribution in [0, 0.1) is 0 Å². The van der Waals surface area contributed by atoms with Gasteiger partial charge in [-0.25, -0.2) is 0 Å². The van der Waals surface area contributed by atoms with Gasteiger partial charge in [0.2, 0.25) is 23.0 Å². The minimum Gasteiger partial charge on any atom is -0.493 e. The van der Waals surface area contributed by atoms with E-state index in [1.54, 1.807) is 33.5 Å². The van der Waals surface area contributed by atoms with Crippen molar-refractivity contribution in [3.05, 3.63) is 45.6 Å². The third-order valence-electron chi connectivity index (χ3n) is 7.33. The fourth-order valence-corrected chi connectivity index (χ4v) is 5.55. The summed E-state index contributed by atoms with van der Waals surface area (Å²) in [5.41, 5.74) is 3.19. The summed E-state index contributed by atoms with van der Waals surface area (Å²) in [5.74, 6) is 1.16. The minimum absolute atomic E-state index is 0.000471. The predicted octanol–water partition coefficient (Wildman–Crippen LogP) is 3.72. The molecule has 0 aliphatic heterocycles. The lowest BCUT2D eigenvalue weighted by atomic mass is 9.95. The number of benzene rings is 1. The molecule has 2 aliphatic carbocycles. The van der Waals surface area contributed by atoms with Crippen LogP contribution < -0.4 is 35.6 Å².